The van der Waals surface area contributed by atoms with Crippen LogP contribution in [-0.2, 0) is 0 Å². The van der Waals surface area contributed by atoms with E-state index in [0.717, 1.165) is 11.1 Å². The van der Waals surface area contributed by atoms with Crippen LogP contribution in [0.2, 0.25) is 0 Å². The second kappa shape index (κ2) is 7.74. The van der Waals surface area contributed by atoms with Crippen LogP contribution < -0.4 is 14.2 Å². The molecular weight excluding hydrogens is 328 g/mol. The van der Waals surface area contributed by atoms with Gasteiger partial charge in [-0.05, 0) is 48.4 Å². The van der Waals surface area contributed by atoms with Crippen molar-refractivity contribution in [3.63, 3.8) is 0 Å². The summed E-state index contributed by atoms with van der Waals surface area (Å²) >= 11 is 0. The molecule has 0 aromatic heterocycles. The topological polar surface area (TPSA) is 44.8 Å². The van der Waals surface area contributed by atoms with Gasteiger partial charge in [-0.2, -0.15) is 0 Å². The fourth-order valence-corrected chi connectivity index (χ4v) is 2.59. The second-order valence-electron chi connectivity index (χ2n) is 5.85. The van der Waals surface area contributed by atoms with Gasteiger partial charge in [0.05, 0.1) is 19.8 Å². The quantitative estimate of drug-likeness (QED) is 0.486. The number of carbonyl (C=O) groups is 1. The SMILES string of the molecule is COc1ccc(C(=O)Oc2ccc(-c3ccc(C)cc3)cc2)cc1OC. The molecule has 0 aliphatic rings. The summed E-state index contributed by atoms with van der Waals surface area (Å²) in [4.78, 5) is 12.4. The molecule has 0 heterocycles. The molecule has 0 fully saturated rings. The van der Waals surface area contributed by atoms with Crippen LogP contribution in [0.15, 0.2) is 66.7 Å². The Morgan fingerprint density at radius 3 is 1.88 bits per heavy atom. The van der Waals surface area contributed by atoms with Gasteiger partial charge in [-0.15, -0.1) is 0 Å². The molecule has 0 saturated heterocycles. The Kier molecular flexibility index (Phi) is 5.23. The van der Waals surface area contributed by atoms with Crippen LogP contribution in [0, 0.1) is 6.92 Å². The van der Waals surface area contributed by atoms with E-state index < -0.39 is 5.97 Å². The van der Waals surface area contributed by atoms with Crippen molar-refractivity contribution >= 4 is 5.97 Å². The normalized spacial score (nSPS) is 10.3. The van der Waals surface area contributed by atoms with E-state index in [9.17, 15) is 4.79 Å². The van der Waals surface area contributed by atoms with E-state index in [4.69, 9.17) is 14.2 Å². The Morgan fingerprint density at radius 2 is 1.31 bits per heavy atom. The van der Waals surface area contributed by atoms with E-state index >= 15 is 0 Å². The van der Waals surface area contributed by atoms with Crippen molar-refractivity contribution in [2.45, 2.75) is 6.92 Å². The lowest BCUT2D eigenvalue weighted by Gasteiger charge is -2.10. The second-order valence-corrected chi connectivity index (χ2v) is 5.85. The van der Waals surface area contributed by atoms with Crippen LogP contribution in [0.25, 0.3) is 11.1 Å². The van der Waals surface area contributed by atoms with Gasteiger partial charge in [-0.25, -0.2) is 4.79 Å². The first-order valence-electron chi connectivity index (χ1n) is 8.22. The van der Waals surface area contributed by atoms with Crippen LogP contribution in [0.4, 0.5) is 0 Å². The van der Waals surface area contributed by atoms with E-state index in [0.29, 0.717) is 22.8 Å². The number of ether oxygens (including phenoxy) is 3. The first kappa shape index (κ1) is 17.5. The Morgan fingerprint density at radius 1 is 0.731 bits per heavy atom. The number of methoxy groups -OCH3 is 2. The highest BCUT2D eigenvalue weighted by Gasteiger charge is 2.13. The van der Waals surface area contributed by atoms with Crippen LogP contribution in [0.1, 0.15) is 15.9 Å². The molecule has 4 heteroatoms. The summed E-state index contributed by atoms with van der Waals surface area (Å²) < 4.78 is 15.8. The van der Waals surface area contributed by atoms with Crippen molar-refractivity contribution in [1.82, 2.24) is 0 Å². The first-order chi connectivity index (χ1) is 12.6. The Labute approximate surface area is 153 Å². The van der Waals surface area contributed by atoms with Crippen LogP contribution in [-0.4, -0.2) is 20.2 Å². The number of hydrogen-bond acceptors (Lipinski definition) is 4. The molecule has 0 unspecified atom stereocenters. The molecule has 0 atom stereocenters. The Balaban J connectivity index is 1.74. The molecule has 0 amide bonds. The summed E-state index contributed by atoms with van der Waals surface area (Å²) in [6.45, 7) is 2.06. The highest BCUT2D eigenvalue weighted by atomic mass is 16.5. The fraction of sp³-hybridized carbons (Fsp3) is 0.136. The summed E-state index contributed by atoms with van der Waals surface area (Å²) in [6.07, 6.45) is 0. The van der Waals surface area contributed by atoms with Gasteiger partial charge >= 0.3 is 5.97 Å². The molecule has 0 aliphatic heterocycles. The molecule has 0 radical (unpaired) electrons. The molecule has 4 nitrogen and oxygen atoms in total. The molecule has 3 aromatic carbocycles. The van der Waals surface area contributed by atoms with E-state index in [1.807, 2.05) is 12.1 Å². The third kappa shape index (κ3) is 3.86. The van der Waals surface area contributed by atoms with Crippen molar-refractivity contribution in [3.05, 3.63) is 77.9 Å². The largest absolute Gasteiger partial charge is 0.493 e. The summed E-state index contributed by atoms with van der Waals surface area (Å²) in [6, 6.07) is 20.6. The zero-order valence-electron chi connectivity index (χ0n) is 15.0. The van der Waals surface area contributed by atoms with Crippen molar-refractivity contribution in [1.29, 1.82) is 0 Å². The highest BCUT2D eigenvalue weighted by molar-refractivity contribution is 5.92. The number of rotatable bonds is 5. The van der Waals surface area contributed by atoms with Gasteiger partial charge in [0.25, 0.3) is 0 Å². The van der Waals surface area contributed by atoms with Crippen molar-refractivity contribution < 1.29 is 19.0 Å². The molecule has 0 bridgehead atoms. The molecule has 0 aliphatic carbocycles. The number of benzene rings is 3. The monoisotopic (exact) mass is 348 g/mol. The average Bonchev–Trinajstić information content (AvgIpc) is 2.68. The third-order valence-corrected chi connectivity index (χ3v) is 4.07. The van der Waals surface area contributed by atoms with Crippen LogP contribution in [0.5, 0.6) is 17.2 Å². The maximum absolute atomic E-state index is 12.4. The van der Waals surface area contributed by atoms with Crippen molar-refractivity contribution in [2.75, 3.05) is 14.2 Å². The van der Waals surface area contributed by atoms with Crippen LogP contribution in [0.3, 0.4) is 0 Å². The molecule has 0 saturated carbocycles. The lowest BCUT2D eigenvalue weighted by atomic mass is 10.0. The average molecular weight is 348 g/mol. The van der Waals surface area contributed by atoms with Crippen molar-refractivity contribution in [3.8, 4) is 28.4 Å². The van der Waals surface area contributed by atoms with Gasteiger partial charge in [0.2, 0.25) is 0 Å². The maximum Gasteiger partial charge on any atom is 0.343 e. The zero-order valence-corrected chi connectivity index (χ0v) is 15.0. The smallest absolute Gasteiger partial charge is 0.343 e. The van der Waals surface area contributed by atoms with Gasteiger partial charge in [0.1, 0.15) is 5.75 Å². The van der Waals surface area contributed by atoms with Gasteiger partial charge in [-0.3, -0.25) is 0 Å². The number of esters is 1. The highest BCUT2D eigenvalue weighted by Crippen LogP contribution is 2.28. The van der Waals surface area contributed by atoms with Crippen molar-refractivity contribution in [2.24, 2.45) is 0 Å². The van der Waals surface area contributed by atoms with Gasteiger partial charge in [-0.1, -0.05) is 42.0 Å². The number of aryl methyl sites for hydroxylation is 1. The molecule has 3 aromatic rings. The maximum atomic E-state index is 12.4. The number of hydrogen-bond donors (Lipinski definition) is 0. The lowest BCUT2D eigenvalue weighted by molar-refractivity contribution is 0.0734. The predicted molar refractivity (Wildman–Crippen MR) is 101 cm³/mol. The standard InChI is InChI=1S/C22H20O4/c1-15-4-6-16(7-5-15)17-8-11-19(12-9-17)26-22(23)18-10-13-20(24-2)21(14-18)25-3/h4-14H,1-3H3. The Hall–Kier alpha value is -3.27. The minimum Gasteiger partial charge on any atom is -0.493 e. The minimum atomic E-state index is -0.450. The summed E-state index contributed by atoms with van der Waals surface area (Å²) in [7, 11) is 3.07. The Bertz CT molecular complexity index is 896. The number of carbonyl (C=O) groups excluding carboxylic acids is 1. The molecule has 26 heavy (non-hydrogen) atoms. The van der Waals surface area contributed by atoms with E-state index in [1.165, 1.54) is 12.7 Å². The lowest BCUT2D eigenvalue weighted by Crippen LogP contribution is -2.08. The molecular formula is C22H20O4. The van der Waals surface area contributed by atoms with E-state index in [2.05, 4.69) is 31.2 Å². The van der Waals surface area contributed by atoms with E-state index in [1.54, 1.807) is 37.4 Å². The molecule has 3 rings (SSSR count). The predicted octanol–water partition coefficient (Wildman–Crippen LogP) is 4.90. The minimum absolute atomic E-state index is 0.394. The van der Waals surface area contributed by atoms with Gasteiger partial charge in [0, 0.05) is 0 Å². The summed E-state index contributed by atoms with van der Waals surface area (Å²) in [5.74, 6) is 1.08. The summed E-state index contributed by atoms with van der Waals surface area (Å²) in [5, 5.41) is 0. The van der Waals surface area contributed by atoms with Gasteiger partial charge in [0.15, 0.2) is 11.5 Å². The summed E-state index contributed by atoms with van der Waals surface area (Å²) in [5.41, 5.74) is 3.80. The first-order valence-corrected chi connectivity index (χ1v) is 8.22. The third-order valence-electron chi connectivity index (χ3n) is 4.07. The zero-order chi connectivity index (χ0) is 18.5. The van der Waals surface area contributed by atoms with Crippen LogP contribution >= 0.6 is 0 Å². The molecule has 0 N–H and O–H groups in total. The van der Waals surface area contributed by atoms with Gasteiger partial charge < -0.3 is 14.2 Å². The molecule has 132 valence electrons. The fourth-order valence-electron chi connectivity index (χ4n) is 2.59. The van der Waals surface area contributed by atoms with E-state index in [-0.39, 0.29) is 0 Å². The molecule has 0 spiro atoms.